The molecule has 76 heavy (non-hydrogen) atoms. The highest BCUT2D eigenvalue weighted by Crippen LogP contribution is 2.55. The van der Waals surface area contributed by atoms with E-state index in [1.807, 2.05) is 75.4 Å². The first kappa shape index (κ1) is 53.8. The predicted molar refractivity (Wildman–Crippen MR) is 274 cm³/mol. The van der Waals surface area contributed by atoms with Crippen LogP contribution >= 0.6 is 0 Å². The Morgan fingerprint density at radius 1 is 0.539 bits per heavy atom. The normalized spacial score (nSPS) is 16.5. The number of ether oxygens (including phenoxy) is 4. The Kier molecular flexibility index (Phi) is 15.6. The number of rotatable bonds is 13. The molecule has 3 unspecified atom stereocenters. The molecule has 0 spiro atoms. The van der Waals surface area contributed by atoms with Crippen molar-refractivity contribution >= 4 is 34.1 Å². The van der Waals surface area contributed by atoms with Gasteiger partial charge in [0.05, 0.1) is 78.0 Å². The summed E-state index contributed by atoms with van der Waals surface area (Å²) in [6.45, 7) is 5.78. The van der Waals surface area contributed by atoms with Gasteiger partial charge in [0.2, 0.25) is 0 Å². The molecule has 0 saturated heterocycles. The van der Waals surface area contributed by atoms with Crippen molar-refractivity contribution in [1.82, 2.24) is 5.32 Å². The van der Waals surface area contributed by atoms with E-state index in [4.69, 9.17) is 24.2 Å². The average Bonchev–Trinajstić information content (AvgIpc) is 3.44. The van der Waals surface area contributed by atoms with Crippen molar-refractivity contribution in [3.05, 3.63) is 159 Å². The molecule has 0 aromatic heterocycles. The summed E-state index contributed by atoms with van der Waals surface area (Å²) < 4.78 is 21.0. The number of aryl methyl sites for hydroxylation is 1. The zero-order valence-electron chi connectivity index (χ0n) is 41.6. The summed E-state index contributed by atoms with van der Waals surface area (Å²) >= 11 is 0. The summed E-state index contributed by atoms with van der Waals surface area (Å²) in [6.07, 6.45) is 2.26. The average molecular weight is 1040 g/mol. The van der Waals surface area contributed by atoms with Crippen LogP contribution in [0.5, 0.6) is 69.0 Å². The van der Waals surface area contributed by atoms with Gasteiger partial charge in [-0.3, -0.25) is 19.7 Å². The van der Waals surface area contributed by atoms with Gasteiger partial charge in [0.25, 0.3) is 0 Å². The van der Waals surface area contributed by atoms with Gasteiger partial charge < -0.3 is 70.0 Å². The van der Waals surface area contributed by atoms with Crippen molar-refractivity contribution in [3.8, 4) is 75.2 Å². The molecule has 0 amide bonds. The third kappa shape index (κ3) is 10.1. The van der Waals surface area contributed by atoms with E-state index in [0.29, 0.717) is 17.6 Å². The zero-order valence-corrected chi connectivity index (χ0v) is 41.6. The first-order chi connectivity index (χ1) is 36.2. The highest BCUT2D eigenvalue weighted by molar-refractivity contribution is 6.34. The van der Waals surface area contributed by atoms with Gasteiger partial charge in [-0.25, -0.2) is 0 Å². The van der Waals surface area contributed by atoms with Crippen molar-refractivity contribution in [1.29, 1.82) is 5.26 Å². The van der Waals surface area contributed by atoms with Crippen LogP contribution in [0.1, 0.15) is 77.5 Å². The number of aromatic hydroxyl groups is 9. The Morgan fingerprint density at radius 2 is 0.987 bits per heavy atom. The van der Waals surface area contributed by atoms with Crippen LogP contribution < -0.4 is 19.5 Å². The lowest BCUT2D eigenvalue weighted by molar-refractivity contribution is -0.118. The van der Waals surface area contributed by atoms with Gasteiger partial charge in [0, 0.05) is 36.4 Å². The number of hydrogen-bond donors (Lipinski definition) is 11. The molecule has 6 aromatic rings. The molecule has 6 aromatic carbocycles. The lowest BCUT2D eigenvalue weighted by atomic mass is 9.72. The predicted octanol–water partition coefficient (Wildman–Crippen LogP) is 8.28. The first-order valence-corrected chi connectivity index (χ1v) is 23.3. The van der Waals surface area contributed by atoms with Gasteiger partial charge in [0.15, 0.2) is 23.5 Å². The van der Waals surface area contributed by atoms with E-state index in [9.17, 15) is 65.4 Å². The zero-order chi connectivity index (χ0) is 55.4. The second kappa shape index (κ2) is 22.0. The van der Waals surface area contributed by atoms with Crippen LogP contribution in [0, 0.1) is 11.5 Å². The van der Waals surface area contributed by atoms with Crippen LogP contribution in [0.2, 0.25) is 0 Å². The minimum atomic E-state index is -1.35. The lowest BCUT2D eigenvalue weighted by Crippen LogP contribution is -2.34. The third-order valence-electron chi connectivity index (χ3n) is 12.6. The molecule has 0 heterocycles. The number of phenolic OH excluding ortho intramolecular Hbond substituents is 9. The molecule has 3 atom stereocenters. The van der Waals surface area contributed by atoms with Crippen LogP contribution in [0.3, 0.4) is 0 Å². The Morgan fingerprint density at radius 3 is 1.46 bits per heavy atom. The van der Waals surface area contributed by atoms with Crippen LogP contribution in [-0.4, -0.2) is 95.8 Å². The Bertz CT molecular complexity index is 3330. The number of nitriles is 1. The maximum Gasteiger partial charge on any atom is 0.182 e. The molecule has 11 N–H and O–H groups in total. The highest BCUT2D eigenvalue weighted by atomic mass is 16.5. The summed E-state index contributed by atoms with van der Waals surface area (Å²) in [5.74, 6) is -6.59. The number of aliphatic hydroxyl groups excluding tert-OH is 1. The van der Waals surface area contributed by atoms with Gasteiger partial charge in [-0.15, -0.1) is 0 Å². The molecule has 9 rings (SSSR count). The topological polar surface area (TPSA) is 326 Å². The number of aliphatic hydroxyl groups is 1. The third-order valence-corrected chi connectivity index (χ3v) is 12.6. The highest BCUT2D eigenvalue weighted by Gasteiger charge is 2.48. The molecule has 0 fully saturated rings. The quantitative estimate of drug-likeness (QED) is 0.0383. The number of Topliss-reactive ketones (excluding diaryl/α,β-unsaturated/α-hetero) is 3. The van der Waals surface area contributed by atoms with E-state index < -0.39 is 69.4 Å². The molecule has 19 heteroatoms. The summed E-state index contributed by atoms with van der Waals surface area (Å²) in [6, 6.07) is 26.7. The number of benzene rings is 6. The Balaban J connectivity index is 0.000000167. The van der Waals surface area contributed by atoms with E-state index in [1.165, 1.54) is 50.6 Å². The molecule has 0 bridgehead atoms. The largest absolute Gasteiger partial charge is 0.510 e. The lowest BCUT2D eigenvalue weighted by Gasteiger charge is -2.33. The van der Waals surface area contributed by atoms with Crippen LogP contribution in [-0.2, 0) is 25.5 Å². The van der Waals surface area contributed by atoms with Gasteiger partial charge in [0.1, 0.15) is 92.3 Å². The monoisotopic (exact) mass is 1040 g/mol. The molecule has 0 saturated carbocycles. The maximum atomic E-state index is 12.9. The molecule has 0 radical (unpaired) electrons. The number of carbonyl (C=O) groups is 3. The number of nitrogens with zero attached hydrogens (tertiary/aromatic N) is 1. The van der Waals surface area contributed by atoms with Gasteiger partial charge in [-0.2, -0.15) is 5.26 Å². The number of methoxy groups -OCH3 is 3. The van der Waals surface area contributed by atoms with Crippen LogP contribution in [0.15, 0.2) is 120 Å². The molecule has 392 valence electrons. The number of ketones is 3. The maximum absolute atomic E-state index is 12.9. The molecule has 3 aliphatic rings. The van der Waals surface area contributed by atoms with Crippen LogP contribution in [0.4, 0.5) is 0 Å². The second-order valence-corrected chi connectivity index (χ2v) is 17.6. The van der Waals surface area contributed by atoms with Crippen molar-refractivity contribution < 1.29 is 84.4 Å². The van der Waals surface area contributed by atoms with E-state index in [2.05, 4.69) is 5.32 Å². The number of allylic oxidation sites excluding steroid dienone is 6. The minimum absolute atomic E-state index is 0.0130. The summed E-state index contributed by atoms with van der Waals surface area (Å²) in [5, 5.41) is 112. The molecular weight excluding hydrogens is 985 g/mol. The molecular formula is C57H52N2O17. The van der Waals surface area contributed by atoms with Crippen LogP contribution in [0.25, 0.3) is 16.7 Å². The van der Waals surface area contributed by atoms with E-state index >= 15 is 0 Å². The SMILES string of the molecule is CCc1cc(O)c(C2=C(O)C(c3c(O)cc(O)cc3O)C2=O)c(O)c1.COc1cc(O)c(C2=C(NC#N)C(c3c(O)cc(OC)cc3O)C2=O)c(O)c1.COc1ccc(C2C(=O)C(c3ccccc3)=C2OC(C)C)cc1. The van der Waals surface area contributed by atoms with E-state index in [1.54, 1.807) is 13.3 Å². The fourth-order valence-electron chi connectivity index (χ4n) is 9.01. The molecule has 0 aliphatic heterocycles. The number of hydrogen-bond acceptors (Lipinski definition) is 19. The standard InChI is InChI=1S/C20H20O3.C19H16N2O7.C18H16O7/c1-13(2)23-20-17(14-7-5-4-6-8-14)19(21)18(20)15-9-11-16(22-3)12-10-15;1-27-8-3-10(22)14(11(23)4-8)16-18(21-7-20)17(19(16)26)15-12(24)5-9(28-2)6-13(15)25;1-2-7-3-9(20)13(10(21)4-7)15-17(24)16(18(15)25)14-11(22)5-8(19)6-12(14)23/h4-13,18H,1-3H3;3-6,16,21-25H,1-2H3;3-6,16,19-24H,2H2,1H3. The first-order valence-electron chi connectivity index (χ1n) is 23.3. The van der Waals surface area contributed by atoms with Crippen molar-refractivity contribution in [2.24, 2.45) is 0 Å². The second-order valence-electron chi connectivity index (χ2n) is 17.6. The van der Waals surface area contributed by atoms with Gasteiger partial charge in [-0.05, 0) is 61.2 Å². The number of carbonyl (C=O) groups excluding carboxylic acids is 3. The fraction of sp³-hybridized carbons (Fsp3) is 0.193. The number of phenols is 9. The summed E-state index contributed by atoms with van der Waals surface area (Å²) in [5.41, 5.74) is 2.02. The molecule has 19 nitrogen and oxygen atoms in total. The summed E-state index contributed by atoms with van der Waals surface area (Å²) in [4.78, 5) is 38.1. The minimum Gasteiger partial charge on any atom is -0.510 e. The van der Waals surface area contributed by atoms with E-state index in [0.717, 1.165) is 34.8 Å². The van der Waals surface area contributed by atoms with Crippen molar-refractivity contribution in [2.45, 2.75) is 51.0 Å². The van der Waals surface area contributed by atoms with Crippen molar-refractivity contribution in [2.75, 3.05) is 21.3 Å². The molecule has 3 aliphatic carbocycles. The summed E-state index contributed by atoms with van der Waals surface area (Å²) in [7, 11) is 4.32. The Hall–Kier alpha value is -9.96. The number of nitrogens with one attached hydrogen (secondary N) is 1. The van der Waals surface area contributed by atoms with E-state index in [-0.39, 0.29) is 79.9 Å². The van der Waals surface area contributed by atoms with Gasteiger partial charge >= 0.3 is 0 Å². The fourth-order valence-corrected chi connectivity index (χ4v) is 9.01. The smallest absolute Gasteiger partial charge is 0.182 e. The van der Waals surface area contributed by atoms with Gasteiger partial charge in [-0.1, -0.05) is 49.4 Å². The van der Waals surface area contributed by atoms with Crippen molar-refractivity contribution in [3.63, 3.8) is 0 Å². The Labute approximate surface area is 434 Å².